The highest BCUT2D eigenvalue weighted by Crippen LogP contribution is 2.20. The van der Waals surface area contributed by atoms with E-state index in [9.17, 15) is 19.5 Å². The number of carboxylic acid groups (broad SMARTS) is 1. The number of amides is 2. The number of hydrogen-bond acceptors (Lipinski definition) is 6. The monoisotopic (exact) mass is 468 g/mol. The fourth-order valence-electron chi connectivity index (χ4n) is 3.71. The van der Waals surface area contributed by atoms with Gasteiger partial charge in [0.15, 0.2) is 0 Å². The van der Waals surface area contributed by atoms with Gasteiger partial charge in [-0.05, 0) is 55.7 Å². The second-order valence-electron chi connectivity index (χ2n) is 8.28. The summed E-state index contributed by atoms with van der Waals surface area (Å²) in [6, 6.07) is 12.1. The first-order chi connectivity index (χ1) is 16.5. The lowest BCUT2D eigenvalue weighted by Gasteiger charge is -2.17. The van der Waals surface area contributed by atoms with E-state index < -0.39 is 18.1 Å². The lowest BCUT2D eigenvalue weighted by Crippen LogP contribution is -2.43. The van der Waals surface area contributed by atoms with Gasteiger partial charge in [-0.2, -0.15) is 0 Å². The number of benzene rings is 1. The van der Waals surface area contributed by atoms with Crippen LogP contribution in [0.4, 0.5) is 10.6 Å². The van der Waals surface area contributed by atoms with E-state index in [4.69, 9.17) is 4.74 Å². The van der Waals surface area contributed by atoms with E-state index in [1.54, 1.807) is 12.1 Å². The van der Waals surface area contributed by atoms with Crippen molar-refractivity contribution in [2.24, 2.45) is 0 Å². The molecule has 0 aliphatic carbocycles. The van der Waals surface area contributed by atoms with Gasteiger partial charge in [0.25, 0.3) is 0 Å². The Hall–Kier alpha value is -3.62. The van der Waals surface area contributed by atoms with Crippen LogP contribution < -0.4 is 16.0 Å². The largest absolute Gasteiger partial charge is 0.480 e. The van der Waals surface area contributed by atoms with Gasteiger partial charge in [0.05, 0.1) is 0 Å². The van der Waals surface area contributed by atoms with E-state index in [-0.39, 0.29) is 25.5 Å². The maximum Gasteiger partial charge on any atom is 0.408 e. The summed E-state index contributed by atoms with van der Waals surface area (Å²) in [4.78, 5) is 40.1. The summed E-state index contributed by atoms with van der Waals surface area (Å²) >= 11 is 0. The van der Waals surface area contributed by atoms with Crippen LogP contribution in [0.1, 0.15) is 48.9 Å². The molecule has 1 atom stereocenters. The minimum absolute atomic E-state index is 0.0488. The van der Waals surface area contributed by atoms with Gasteiger partial charge >= 0.3 is 12.1 Å². The molecule has 2 aromatic rings. The number of carbonyl (C=O) groups is 3. The first kappa shape index (κ1) is 25.0. The Morgan fingerprint density at radius 1 is 1.12 bits per heavy atom. The first-order valence-electron chi connectivity index (χ1n) is 11.7. The number of nitrogens with one attached hydrogen (secondary N) is 3. The highest BCUT2D eigenvalue weighted by atomic mass is 16.5. The molecule has 1 aliphatic rings. The molecule has 0 fully saturated rings. The van der Waals surface area contributed by atoms with Gasteiger partial charge in [-0.3, -0.25) is 4.79 Å². The number of anilines is 1. The van der Waals surface area contributed by atoms with Crippen molar-refractivity contribution < 1.29 is 24.2 Å². The van der Waals surface area contributed by atoms with Crippen LogP contribution in [0.2, 0.25) is 0 Å². The molecule has 2 amide bonds. The zero-order valence-corrected chi connectivity index (χ0v) is 19.2. The molecule has 9 nitrogen and oxygen atoms in total. The molecule has 182 valence electrons. The van der Waals surface area contributed by atoms with Gasteiger partial charge in [-0.1, -0.05) is 36.4 Å². The summed E-state index contributed by atoms with van der Waals surface area (Å²) in [5.74, 6) is -0.346. The maximum atomic E-state index is 12.1. The molecule has 9 heteroatoms. The van der Waals surface area contributed by atoms with Crippen LogP contribution in [0.25, 0.3) is 0 Å². The molecule has 1 aromatic carbocycles. The number of fused-ring (bicyclic) bond motifs is 1. The van der Waals surface area contributed by atoms with E-state index in [0.717, 1.165) is 49.3 Å². The summed E-state index contributed by atoms with van der Waals surface area (Å²) in [6.07, 6.45) is 4.15. The van der Waals surface area contributed by atoms with E-state index in [1.165, 1.54) is 5.56 Å². The third-order valence-corrected chi connectivity index (χ3v) is 5.60. The molecule has 0 saturated carbocycles. The van der Waals surface area contributed by atoms with Gasteiger partial charge in [0.1, 0.15) is 18.5 Å². The molecule has 34 heavy (non-hydrogen) atoms. The van der Waals surface area contributed by atoms with Crippen LogP contribution in [0.3, 0.4) is 0 Å². The normalized spacial score (nSPS) is 13.2. The Bertz CT molecular complexity index is 967. The van der Waals surface area contributed by atoms with Crippen LogP contribution in [0.15, 0.2) is 42.5 Å². The molecule has 4 N–H and O–H groups in total. The Morgan fingerprint density at radius 2 is 1.94 bits per heavy atom. The zero-order valence-electron chi connectivity index (χ0n) is 19.2. The number of hydrogen-bond donors (Lipinski definition) is 4. The van der Waals surface area contributed by atoms with Crippen molar-refractivity contribution in [1.82, 2.24) is 15.6 Å². The van der Waals surface area contributed by atoms with Crippen LogP contribution in [0.5, 0.6) is 0 Å². The molecule has 1 unspecified atom stereocenters. The van der Waals surface area contributed by atoms with Crippen molar-refractivity contribution >= 4 is 23.8 Å². The average molecular weight is 469 g/mol. The number of alkyl carbamates (subject to hydrolysis) is 1. The van der Waals surface area contributed by atoms with Crippen LogP contribution >= 0.6 is 0 Å². The molecule has 3 rings (SSSR count). The summed E-state index contributed by atoms with van der Waals surface area (Å²) < 4.78 is 5.06. The topological polar surface area (TPSA) is 130 Å². The zero-order chi connectivity index (χ0) is 24.2. The number of carboxylic acids is 1. The summed E-state index contributed by atoms with van der Waals surface area (Å²) in [5, 5.41) is 17.7. The third kappa shape index (κ3) is 8.38. The van der Waals surface area contributed by atoms with E-state index in [1.807, 2.05) is 18.2 Å². The van der Waals surface area contributed by atoms with Gasteiger partial charge in [0, 0.05) is 25.2 Å². The van der Waals surface area contributed by atoms with E-state index >= 15 is 0 Å². The predicted molar refractivity (Wildman–Crippen MR) is 127 cm³/mol. The highest BCUT2D eigenvalue weighted by molar-refractivity contribution is 5.80. The minimum Gasteiger partial charge on any atom is -0.480 e. The smallest absolute Gasteiger partial charge is 0.408 e. The van der Waals surface area contributed by atoms with Crippen molar-refractivity contribution in [2.75, 3.05) is 18.4 Å². The van der Waals surface area contributed by atoms with Crippen molar-refractivity contribution in [1.29, 1.82) is 0 Å². The minimum atomic E-state index is -1.18. The quantitative estimate of drug-likeness (QED) is 0.352. The molecule has 0 radical (unpaired) electrons. The number of aryl methyl sites for hydroxylation is 2. The number of aliphatic carboxylic acids is 1. The predicted octanol–water partition coefficient (Wildman–Crippen LogP) is 3.04. The summed E-state index contributed by atoms with van der Waals surface area (Å²) in [5.41, 5.74) is 3.08. The standard InChI is InChI=1S/C25H32N4O5/c30-22(11-5-4-10-20-13-12-19-9-6-15-27-23(19)28-20)26-16-14-21(24(31)32)29-25(33)34-17-18-7-2-1-3-8-18/h1-3,7-8,12-13,21H,4-6,9-11,14-17H2,(H,26,30)(H,27,28)(H,29,33)(H,31,32). The molecule has 0 saturated heterocycles. The molecule has 1 aliphatic heterocycles. The number of pyridine rings is 1. The maximum absolute atomic E-state index is 12.1. The Labute approximate surface area is 199 Å². The van der Waals surface area contributed by atoms with Crippen molar-refractivity contribution in [3.05, 3.63) is 59.3 Å². The summed E-state index contributed by atoms with van der Waals surface area (Å²) in [7, 11) is 0. The van der Waals surface area contributed by atoms with Gasteiger partial charge in [-0.15, -0.1) is 0 Å². The van der Waals surface area contributed by atoms with Gasteiger partial charge in [0.2, 0.25) is 5.91 Å². The molecular weight excluding hydrogens is 436 g/mol. The Kier molecular flexibility index (Phi) is 9.69. The average Bonchev–Trinajstić information content (AvgIpc) is 2.85. The van der Waals surface area contributed by atoms with Crippen LogP contribution in [0, 0.1) is 0 Å². The molecule has 0 bridgehead atoms. The van der Waals surface area contributed by atoms with Gasteiger partial charge in [-0.25, -0.2) is 14.6 Å². The number of carbonyl (C=O) groups excluding carboxylic acids is 2. The Morgan fingerprint density at radius 3 is 2.74 bits per heavy atom. The number of unbranched alkanes of at least 4 members (excludes halogenated alkanes) is 1. The molecule has 0 spiro atoms. The fourth-order valence-corrected chi connectivity index (χ4v) is 3.71. The number of nitrogens with zero attached hydrogens (tertiary/aromatic N) is 1. The SMILES string of the molecule is O=C(CCCCc1ccc2c(n1)NCCC2)NCCC(NC(=O)OCc1ccccc1)C(=O)O. The molecular formula is C25H32N4O5. The van der Waals surface area contributed by atoms with Crippen molar-refractivity contribution in [3.8, 4) is 0 Å². The van der Waals surface area contributed by atoms with Gasteiger partial charge < -0.3 is 25.8 Å². The number of ether oxygens (including phenoxy) is 1. The molecule has 1 aromatic heterocycles. The van der Waals surface area contributed by atoms with E-state index in [0.29, 0.717) is 12.8 Å². The third-order valence-electron chi connectivity index (χ3n) is 5.60. The first-order valence-corrected chi connectivity index (χ1v) is 11.7. The van der Waals surface area contributed by atoms with Crippen LogP contribution in [-0.4, -0.2) is 47.2 Å². The lowest BCUT2D eigenvalue weighted by atomic mass is 10.1. The number of aromatic nitrogens is 1. The molecule has 2 heterocycles. The summed E-state index contributed by atoms with van der Waals surface area (Å²) in [6.45, 7) is 1.15. The fraction of sp³-hybridized carbons (Fsp3) is 0.440. The number of rotatable bonds is 12. The Balaban J connectivity index is 1.29. The second-order valence-corrected chi connectivity index (χ2v) is 8.28. The van der Waals surface area contributed by atoms with E-state index in [2.05, 4.69) is 33.1 Å². The second kappa shape index (κ2) is 13.2. The lowest BCUT2D eigenvalue weighted by molar-refractivity contribution is -0.139. The van der Waals surface area contributed by atoms with Crippen molar-refractivity contribution in [3.63, 3.8) is 0 Å². The van der Waals surface area contributed by atoms with Crippen LogP contribution in [-0.2, 0) is 33.8 Å². The van der Waals surface area contributed by atoms with Crippen molar-refractivity contribution in [2.45, 2.75) is 57.6 Å². The highest BCUT2D eigenvalue weighted by Gasteiger charge is 2.20.